The lowest BCUT2D eigenvalue weighted by molar-refractivity contribution is -0.161. The van der Waals surface area contributed by atoms with Gasteiger partial charge in [0.15, 0.2) is 12.2 Å². The third-order valence-electron chi connectivity index (χ3n) is 16.4. The van der Waals surface area contributed by atoms with E-state index in [1.54, 1.807) is 0 Å². The van der Waals surface area contributed by atoms with Crippen molar-refractivity contribution in [2.75, 3.05) is 39.6 Å². The molecule has 19 heteroatoms. The monoisotopic (exact) mass is 1600 g/mol. The lowest BCUT2D eigenvalue weighted by atomic mass is 10.1. The Balaban J connectivity index is 5.60. The van der Waals surface area contributed by atoms with Gasteiger partial charge in [0, 0.05) is 25.7 Å². The van der Waals surface area contributed by atoms with Crippen LogP contribution in [0, 0.1) is 0 Å². The van der Waals surface area contributed by atoms with E-state index < -0.39 is 97.5 Å². The first-order valence-corrected chi connectivity index (χ1v) is 45.0. The molecule has 0 aliphatic rings. The van der Waals surface area contributed by atoms with E-state index in [2.05, 4.69) is 210 Å². The van der Waals surface area contributed by atoms with Crippen molar-refractivity contribution < 1.29 is 80.2 Å². The van der Waals surface area contributed by atoms with Gasteiger partial charge < -0.3 is 33.8 Å². The maximum absolute atomic E-state index is 13.1. The van der Waals surface area contributed by atoms with E-state index in [9.17, 15) is 43.2 Å². The van der Waals surface area contributed by atoms with Crippen LogP contribution < -0.4 is 0 Å². The number of carbonyl (C=O) groups excluding carboxylic acids is 4. The van der Waals surface area contributed by atoms with Crippen molar-refractivity contribution >= 4 is 39.5 Å². The number of allylic oxidation sites excluding steroid dienone is 36. The van der Waals surface area contributed by atoms with Crippen LogP contribution in [0.15, 0.2) is 219 Å². The fraction of sp³-hybridized carbons (Fsp3) is 0.570. The number of hydrogen-bond donors (Lipinski definition) is 3. The van der Waals surface area contributed by atoms with Gasteiger partial charge in [-0.25, -0.2) is 9.13 Å². The lowest BCUT2D eigenvalue weighted by Gasteiger charge is -2.21. The number of hydrogen-bond acceptors (Lipinski definition) is 15. The van der Waals surface area contributed by atoms with Gasteiger partial charge in [0.25, 0.3) is 0 Å². The Hall–Kier alpha value is -6.62. The molecule has 0 amide bonds. The number of aliphatic hydroxyl groups is 1. The molecular weight excluding hydrogens is 1450 g/mol. The van der Waals surface area contributed by atoms with Gasteiger partial charge in [0.05, 0.1) is 26.4 Å². The summed E-state index contributed by atoms with van der Waals surface area (Å²) in [5.74, 6) is -2.45. The molecular formula is C93H146O17P2. The number of carbonyl (C=O) groups is 4. The molecule has 0 spiro atoms. The van der Waals surface area contributed by atoms with Crippen molar-refractivity contribution in [3.05, 3.63) is 219 Å². The molecule has 0 bridgehead atoms. The molecule has 0 aliphatic heterocycles. The molecule has 0 saturated heterocycles. The molecule has 0 aliphatic carbocycles. The third kappa shape index (κ3) is 81.4. The Morgan fingerprint density at radius 3 is 0.759 bits per heavy atom. The molecule has 112 heavy (non-hydrogen) atoms. The first kappa shape index (κ1) is 105. The number of phosphoric ester groups is 2. The Labute approximate surface area is 677 Å². The van der Waals surface area contributed by atoms with Crippen LogP contribution in [0.25, 0.3) is 0 Å². The van der Waals surface area contributed by atoms with Crippen molar-refractivity contribution in [3.63, 3.8) is 0 Å². The topological polar surface area (TPSA) is 237 Å². The summed E-state index contributed by atoms with van der Waals surface area (Å²) in [5.41, 5.74) is 0. The average Bonchev–Trinajstić information content (AvgIpc) is 0.897. The average molecular weight is 1600 g/mol. The summed E-state index contributed by atoms with van der Waals surface area (Å²) < 4.78 is 68.5. The Kier molecular flexibility index (Phi) is 77.5. The van der Waals surface area contributed by atoms with Crippen LogP contribution in [0.3, 0.4) is 0 Å². The summed E-state index contributed by atoms with van der Waals surface area (Å²) in [7, 11) is -10.1. The smallest absolute Gasteiger partial charge is 0.462 e. The molecule has 0 aromatic carbocycles. The Morgan fingerprint density at radius 2 is 0.482 bits per heavy atom. The molecule has 0 rings (SSSR count). The predicted octanol–water partition coefficient (Wildman–Crippen LogP) is 25.2. The second-order valence-electron chi connectivity index (χ2n) is 26.9. The van der Waals surface area contributed by atoms with E-state index in [1.807, 2.05) is 36.5 Å². The maximum Gasteiger partial charge on any atom is 0.472 e. The summed E-state index contributed by atoms with van der Waals surface area (Å²) in [4.78, 5) is 73.2. The zero-order valence-corrected chi connectivity index (χ0v) is 70.8. The third-order valence-corrected chi connectivity index (χ3v) is 18.3. The summed E-state index contributed by atoms with van der Waals surface area (Å²) in [6.45, 7) is 4.34. The van der Waals surface area contributed by atoms with Gasteiger partial charge in [-0.1, -0.05) is 298 Å². The maximum atomic E-state index is 13.1. The lowest BCUT2D eigenvalue weighted by Crippen LogP contribution is -2.30. The van der Waals surface area contributed by atoms with Gasteiger partial charge in [0.2, 0.25) is 0 Å². The molecule has 2 unspecified atom stereocenters. The van der Waals surface area contributed by atoms with Crippen LogP contribution >= 0.6 is 15.6 Å². The quantitative estimate of drug-likeness (QED) is 0.0169. The highest BCUT2D eigenvalue weighted by Gasteiger charge is 2.30. The zero-order chi connectivity index (χ0) is 81.7. The fourth-order valence-electron chi connectivity index (χ4n) is 10.1. The van der Waals surface area contributed by atoms with E-state index in [1.165, 1.54) is 38.5 Å². The Morgan fingerprint density at radius 1 is 0.259 bits per heavy atom. The van der Waals surface area contributed by atoms with Gasteiger partial charge in [-0.3, -0.25) is 37.3 Å². The molecule has 0 fully saturated rings. The van der Waals surface area contributed by atoms with Gasteiger partial charge in [-0.15, -0.1) is 0 Å². The van der Waals surface area contributed by atoms with Crippen molar-refractivity contribution in [2.45, 2.75) is 303 Å². The molecule has 0 saturated carbocycles. The fourth-order valence-corrected chi connectivity index (χ4v) is 11.7. The van der Waals surface area contributed by atoms with Gasteiger partial charge in [-0.05, 0) is 180 Å². The summed E-state index contributed by atoms with van der Waals surface area (Å²) in [6.07, 6.45) is 105. The van der Waals surface area contributed by atoms with Crippen LogP contribution in [0.2, 0.25) is 0 Å². The highest BCUT2D eigenvalue weighted by Crippen LogP contribution is 2.45. The van der Waals surface area contributed by atoms with Crippen LogP contribution in [0.1, 0.15) is 285 Å². The first-order chi connectivity index (χ1) is 54.7. The number of phosphoric acid groups is 2. The first-order valence-electron chi connectivity index (χ1n) is 42.0. The molecule has 17 nitrogen and oxygen atoms in total. The number of unbranched alkanes of at least 4 members (excludes halogenated alkanes) is 14. The molecule has 0 aromatic heterocycles. The zero-order valence-electron chi connectivity index (χ0n) is 69.0. The minimum absolute atomic E-state index is 0.0451. The van der Waals surface area contributed by atoms with Gasteiger partial charge in [0.1, 0.15) is 19.3 Å². The van der Waals surface area contributed by atoms with Crippen LogP contribution in [-0.2, 0) is 65.4 Å². The Bertz CT molecular complexity index is 2990. The predicted molar refractivity (Wildman–Crippen MR) is 463 cm³/mol. The molecule has 0 heterocycles. The number of esters is 4. The normalized spacial score (nSPS) is 14.9. The van der Waals surface area contributed by atoms with Crippen LogP contribution in [0.5, 0.6) is 0 Å². The second-order valence-corrected chi connectivity index (χ2v) is 29.8. The van der Waals surface area contributed by atoms with E-state index in [4.69, 9.17) is 37.0 Å². The van der Waals surface area contributed by atoms with E-state index in [-0.39, 0.29) is 25.7 Å². The minimum atomic E-state index is -5.03. The number of aliphatic hydroxyl groups excluding tert-OH is 1. The standard InChI is InChI=1S/C93H146O17P2/c1-5-9-13-17-21-25-29-33-37-40-43-46-50-54-58-62-66-70-74-78-91(96)104-84-89(110-93(98)80-76-72-68-64-60-56-52-48-45-42-39-35-31-27-23-19-15-11-7-3)86-108-112(101,102)106-82-87(94)81-105-111(99,100)107-85-88(83-103-90(95)77-73-69-65-61-57-53-49-36-32-28-24-20-16-12-8-4)109-92(97)79-75-71-67-63-59-55-51-47-44-41-38-34-30-26-22-18-14-10-6-2/h9-10,13-14,21-28,33-39,43-49,54-56,58-60,67-68,71-72,87-89,94H,5-8,11-12,15-20,29-32,40-42,50-53,57,61-66,69-70,73-86H2,1-4H3,(H,99,100)(H,101,102)/b13-9-,14-10-,25-21-,26-22-,27-23-,28-24-,37-33-,38-34-,39-35-,46-43-,47-44-,48-45-,49-36-,58-54-,59-55-,60-56-,71-67-,72-68-/t87-,88+,89+/m0/s1. The van der Waals surface area contributed by atoms with Crippen LogP contribution in [0.4, 0.5) is 0 Å². The van der Waals surface area contributed by atoms with Gasteiger partial charge >= 0.3 is 39.5 Å². The van der Waals surface area contributed by atoms with Crippen molar-refractivity contribution in [1.82, 2.24) is 0 Å². The second kappa shape index (κ2) is 82.4. The molecule has 3 N–H and O–H groups in total. The van der Waals surface area contributed by atoms with E-state index in [0.29, 0.717) is 38.5 Å². The molecule has 0 aromatic rings. The molecule has 0 radical (unpaired) electrons. The largest absolute Gasteiger partial charge is 0.472 e. The van der Waals surface area contributed by atoms with Crippen molar-refractivity contribution in [2.24, 2.45) is 0 Å². The summed E-state index contributed by atoms with van der Waals surface area (Å²) in [5, 5.41) is 10.7. The van der Waals surface area contributed by atoms with Crippen molar-refractivity contribution in [3.8, 4) is 0 Å². The van der Waals surface area contributed by atoms with E-state index >= 15 is 0 Å². The highest BCUT2D eigenvalue weighted by molar-refractivity contribution is 7.47. The highest BCUT2D eigenvalue weighted by atomic mass is 31.2. The summed E-state index contributed by atoms with van der Waals surface area (Å²) >= 11 is 0. The number of ether oxygens (including phenoxy) is 4. The van der Waals surface area contributed by atoms with E-state index in [0.717, 1.165) is 154 Å². The van der Waals surface area contributed by atoms with Gasteiger partial charge in [-0.2, -0.15) is 0 Å². The number of rotatable bonds is 76. The van der Waals surface area contributed by atoms with Crippen molar-refractivity contribution in [1.29, 1.82) is 0 Å². The molecule has 630 valence electrons. The van der Waals surface area contributed by atoms with Crippen LogP contribution in [-0.4, -0.2) is 96.7 Å². The summed E-state index contributed by atoms with van der Waals surface area (Å²) in [6, 6.07) is 0. The minimum Gasteiger partial charge on any atom is -0.462 e. The SMILES string of the molecule is CC/C=C\C/C=C\C/C=C\C/C=C\C/C=C\C/C=C\CCC(=O)O[C@H](COC(=O)CCCCCCC/C=C\C/C=C\CCCCC)COP(=O)(O)OC[C@H](O)COP(=O)(O)OC[C@@H](COC(=O)CCCCC/C=C\C/C=C\C/C=C\C/C=C\C/C=C\CC)OC(=O)CC/C=C\C/C=C\C/C=C\C/C=C\C/C=C\CCCCC. The molecule has 5 atom stereocenters.